The minimum atomic E-state index is 0.750. The van der Waals surface area contributed by atoms with Gasteiger partial charge in [-0.2, -0.15) is 4.73 Å². The van der Waals surface area contributed by atoms with E-state index in [4.69, 9.17) is 4.74 Å². The molecule has 3 heteroatoms. The molecule has 0 saturated carbocycles. The zero-order valence-corrected chi connectivity index (χ0v) is 13.6. The topological polar surface area (TPSA) is 36.2 Å². The smallest absolute Gasteiger partial charge is 0.184 e. The Bertz CT molecular complexity index is 338. The van der Waals surface area contributed by atoms with Crippen LogP contribution in [0.1, 0.15) is 77.6 Å². The van der Waals surface area contributed by atoms with Crippen LogP contribution in [0.5, 0.6) is 5.75 Å². The highest BCUT2D eigenvalue weighted by molar-refractivity contribution is 5.14. The third kappa shape index (κ3) is 10.2. The number of unbranched alkanes of at least 4 members (excludes halogenated alkanes) is 10. The Balaban J connectivity index is 1.81. The van der Waals surface area contributed by atoms with Crippen molar-refractivity contribution in [2.24, 2.45) is 0 Å². The van der Waals surface area contributed by atoms with Crippen LogP contribution < -0.4 is 9.47 Å². The van der Waals surface area contributed by atoms with Crippen molar-refractivity contribution in [3.05, 3.63) is 29.7 Å². The number of rotatable bonds is 13. The van der Waals surface area contributed by atoms with Crippen molar-refractivity contribution in [3.63, 3.8) is 0 Å². The number of pyridine rings is 1. The molecule has 0 bridgehead atoms. The molecule has 21 heavy (non-hydrogen) atoms. The molecule has 1 heterocycles. The van der Waals surface area contributed by atoms with Crippen molar-refractivity contribution in [1.29, 1.82) is 0 Å². The van der Waals surface area contributed by atoms with Crippen LogP contribution in [0, 0.1) is 5.21 Å². The van der Waals surface area contributed by atoms with Crippen LogP contribution in [0.4, 0.5) is 0 Å². The summed E-state index contributed by atoms with van der Waals surface area (Å²) in [6.07, 6.45) is 17.7. The maximum Gasteiger partial charge on any atom is 0.184 e. The molecule has 1 aromatic heterocycles. The van der Waals surface area contributed by atoms with Crippen molar-refractivity contribution < 1.29 is 9.47 Å². The quantitative estimate of drug-likeness (QED) is 0.291. The van der Waals surface area contributed by atoms with Gasteiger partial charge in [-0.05, 0) is 6.42 Å². The summed E-state index contributed by atoms with van der Waals surface area (Å²) >= 11 is 0. The van der Waals surface area contributed by atoms with Gasteiger partial charge < -0.3 is 9.94 Å². The highest BCUT2D eigenvalue weighted by atomic mass is 16.5. The van der Waals surface area contributed by atoms with E-state index < -0.39 is 0 Å². The van der Waals surface area contributed by atoms with Gasteiger partial charge in [0.15, 0.2) is 12.4 Å². The van der Waals surface area contributed by atoms with Gasteiger partial charge in [0.2, 0.25) is 0 Å². The second-order valence-electron chi connectivity index (χ2n) is 5.78. The highest BCUT2D eigenvalue weighted by Gasteiger charge is 1.96. The first kappa shape index (κ1) is 17.8. The Morgan fingerprint density at radius 1 is 0.810 bits per heavy atom. The molecule has 0 N–H and O–H groups in total. The minimum Gasteiger partial charge on any atom is -0.619 e. The van der Waals surface area contributed by atoms with E-state index in [9.17, 15) is 5.21 Å². The van der Waals surface area contributed by atoms with E-state index in [1.165, 1.54) is 76.6 Å². The molecule has 0 amide bonds. The third-order valence-corrected chi connectivity index (χ3v) is 3.79. The average Bonchev–Trinajstić information content (AvgIpc) is 2.50. The largest absolute Gasteiger partial charge is 0.619 e. The zero-order chi connectivity index (χ0) is 15.2. The maximum atomic E-state index is 10.9. The molecule has 0 unspecified atom stereocenters. The lowest BCUT2D eigenvalue weighted by atomic mass is 10.1. The van der Waals surface area contributed by atoms with Crippen molar-refractivity contribution in [3.8, 4) is 5.75 Å². The summed E-state index contributed by atoms with van der Waals surface area (Å²) in [5.41, 5.74) is 0. The molecule has 0 aliphatic carbocycles. The van der Waals surface area contributed by atoms with E-state index in [1.807, 2.05) is 0 Å². The third-order valence-electron chi connectivity index (χ3n) is 3.79. The van der Waals surface area contributed by atoms with Gasteiger partial charge in [0.25, 0.3) is 0 Å². The SMILES string of the molecule is CCCCCCCCCCCCCOc1cc[n+]([O-])cc1. The van der Waals surface area contributed by atoms with E-state index in [-0.39, 0.29) is 0 Å². The molecule has 0 aliphatic heterocycles. The summed E-state index contributed by atoms with van der Waals surface area (Å²) in [4.78, 5) is 0. The van der Waals surface area contributed by atoms with Gasteiger partial charge in [0.05, 0.1) is 6.61 Å². The Kier molecular flexibility index (Phi) is 10.6. The molecule has 0 aromatic carbocycles. The van der Waals surface area contributed by atoms with Crippen LogP contribution in [0.15, 0.2) is 24.5 Å². The zero-order valence-electron chi connectivity index (χ0n) is 13.6. The van der Waals surface area contributed by atoms with Crippen LogP contribution in [0.3, 0.4) is 0 Å². The maximum absolute atomic E-state index is 10.9. The monoisotopic (exact) mass is 293 g/mol. The second-order valence-corrected chi connectivity index (χ2v) is 5.78. The molecule has 0 atom stereocenters. The molecule has 0 spiro atoms. The lowest BCUT2D eigenvalue weighted by Gasteiger charge is -2.05. The van der Waals surface area contributed by atoms with Crippen LogP contribution in [0.2, 0.25) is 0 Å². The highest BCUT2D eigenvalue weighted by Crippen LogP contribution is 2.12. The van der Waals surface area contributed by atoms with Crippen molar-refractivity contribution >= 4 is 0 Å². The van der Waals surface area contributed by atoms with Gasteiger partial charge in [-0.25, -0.2) is 0 Å². The van der Waals surface area contributed by atoms with E-state index in [0.29, 0.717) is 0 Å². The van der Waals surface area contributed by atoms with Gasteiger partial charge in [-0.3, -0.25) is 0 Å². The summed E-state index contributed by atoms with van der Waals surface area (Å²) < 4.78 is 6.36. The lowest BCUT2D eigenvalue weighted by Crippen LogP contribution is -2.23. The first-order chi connectivity index (χ1) is 10.3. The van der Waals surface area contributed by atoms with Crippen molar-refractivity contribution in [2.75, 3.05) is 6.61 Å². The van der Waals surface area contributed by atoms with E-state index in [0.717, 1.165) is 23.5 Å². The summed E-state index contributed by atoms with van der Waals surface area (Å²) in [7, 11) is 0. The number of hydrogen-bond donors (Lipinski definition) is 0. The summed E-state index contributed by atoms with van der Waals surface area (Å²) in [6, 6.07) is 3.43. The van der Waals surface area contributed by atoms with Gasteiger partial charge in [0.1, 0.15) is 5.75 Å². The fraction of sp³-hybridized carbons (Fsp3) is 0.722. The van der Waals surface area contributed by atoms with Gasteiger partial charge >= 0.3 is 0 Å². The molecular formula is C18H31NO2. The van der Waals surface area contributed by atoms with Crippen molar-refractivity contribution in [1.82, 2.24) is 0 Å². The fourth-order valence-electron chi connectivity index (χ4n) is 2.45. The molecule has 0 aliphatic rings. The fourth-order valence-corrected chi connectivity index (χ4v) is 2.45. The lowest BCUT2D eigenvalue weighted by molar-refractivity contribution is -0.605. The molecule has 1 aromatic rings. The van der Waals surface area contributed by atoms with Gasteiger partial charge in [0, 0.05) is 12.1 Å². The molecule has 1 rings (SSSR count). The Morgan fingerprint density at radius 3 is 1.81 bits per heavy atom. The molecule has 120 valence electrons. The predicted molar refractivity (Wildman–Crippen MR) is 87.4 cm³/mol. The Labute approximate surface area is 129 Å². The number of hydrogen-bond acceptors (Lipinski definition) is 2. The summed E-state index contributed by atoms with van der Waals surface area (Å²) in [5.74, 6) is 0.786. The first-order valence-electron chi connectivity index (χ1n) is 8.64. The normalized spacial score (nSPS) is 10.7. The van der Waals surface area contributed by atoms with E-state index in [2.05, 4.69) is 6.92 Å². The van der Waals surface area contributed by atoms with E-state index >= 15 is 0 Å². The Hall–Kier alpha value is -1.25. The average molecular weight is 293 g/mol. The van der Waals surface area contributed by atoms with Gasteiger partial charge in [-0.1, -0.05) is 71.1 Å². The van der Waals surface area contributed by atoms with Crippen LogP contribution in [-0.2, 0) is 0 Å². The van der Waals surface area contributed by atoms with Crippen LogP contribution in [0.25, 0.3) is 0 Å². The molecule has 0 radical (unpaired) electrons. The van der Waals surface area contributed by atoms with Crippen LogP contribution in [-0.4, -0.2) is 6.61 Å². The van der Waals surface area contributed by atoms with E-state index in [1.54, 1.807) is 12.1 Å². The number of aromatic nitrogens is 1. The van der Waals surface area contributed by atoms with Gasteiger partial charge in [-0.15, -0.1) is 0 Å². The summed E-state index contributed by atoms with van der Waals surface area (Å²) in [6.45, 7) is 3.02. The van der Waals surface area contributed by atoms with Crippen molar-refractivity contribution in [2.45, 2.75) is 77.6 Å². The second kappa shape index (κ2) is 12.5. The standard InChI is InChI=1S/C18H31NO2/c1-2-3-4-5-6-7-8-9-10-11-12-17-21-18-13-15-19(20)16-14-18/h13-16H,2-12,17H2,1H3. The molecular weight excluding hydrogens is 262 g/mol. The number of ether oxygens (including phenoxy) is 1. The Morgan fingerprint density at radius 2 is 1.29 bits per heavy atom. The predicted octanol–water partition coefficient (Wildman–Crippen LogP) is 5.01. The first-order valence-corrected chi connectivity index (χ1v) is 8.64. The summed E-state index contributed by atoms with van der Waals surface area (Å²) in [5, 5.41) is 10.9. The number of nitrogens with zero attached hydrogens (tertiary/aromatic N) is 1. The minimum absolute atomic E-state index is 0.750. The van der Waals surface area contributed by atoms with Crippen LogP contribution >= 0.6 is 0 Å². The molecule has 0 fully saturated rings. The molecule has 0 saturated heterocycles. The molecule has 3 nitrogen and oxygen atoms in total.